The number of rotatable bonds is 8. The molecule has 1 aliphatic rings. The first kappa shape index (κ1) is 21.2. The smallest absolute Gasteiger partial charge is 0.253 e. The molecule has 1 saturated heterocycles. The summed E-state index contributed by atoms with van der Waals surface area (Å²) in [5.74, 6) is 1.46. The first-order valence-electron chi connectivity index (χ1n) is 10.6. The number of aliphatic hydroxyl groups is 1. The van der Waals surface area contributed by atoms with E-state index in [9.17, 15) is 9.90 Å². The molecule has 0 saturated carbocycles. The second-order valence-corrected chi connectivity index (χ2v) is 7.43. The molecule has 2 aromatic carbocycles. The molecule has 0 bridgehead atoms. The van der Waals surface area contributed by atoms with Gasteiger partial charge < -0.3 is 19.5 Å². The number of carbonyl (C=O) groups is 1. The maximum absolute atomic E-state index is 13.0. The minimum atomic E-state index is -0.479. The quantitative estimate of drug-likeness (QED) is 0.714. The lowest BCUT2D eigenvalue weighted by Crippen LogP contribution is -2.39. The van der Waals surface area contributed by atoms with Crippen molar-refractivity contribution < 1.29 is 19.4 Å². The van der Waals surface area contributed by atoms with E-state index in [1.54, 1.807) is 12.1 Å². The standard InChI is InChI=1S/C24H31NO4/c1-3-16-29-21-11-10-20(17-22(21)28-4-2)24(27)25-14-12-19(13-15-25)23(26)18-8-6-5-7-9-18/h5-11,17,19,23,26H,3-4,12-16H2,1-2H3. The van der Waals surface area contributed by atoms with Crippen LogP contribution in [0.5, 0.6) is 11.5 Å². The summed E-state index contributed by atoms with van der Waals surface area (Å²) in [6, 6.07) is 15.2. The zero-order valence-electron chi connectivity index (χ0n) is 17.3. The Bertz CT molecular complexity index is 785. The second kappa shape index (κ2) is 10.3. The van der Waals surface area contributed by atoms with Crippen molar-refractivity contribution in [1.82, 2.24) is 4.90 Å². The molecule has 1 unspecified atom stereocenters. The van der Waals surface area contributed by atoms with Gasteiger partial charge in [-0.05, 0) is 55.9 Å². The van der Waals surface area contributed by atoms with E-state index in [2.05, 4.69) is 6.92 Å². The maximum atomic E-state index is 13.0. The molecule has 1 atom stereocenters. The molecule has 0 aromatic heterocycles. The molecule has 1 heterocycles. The number of hydrogen-bond donors (Lipinski definition) is 1. The van der Waals surface area contributed by atoms with Crippen LogP contribution in [0, 0.1) is 5.92 Å². The molecule has 0 spiro atoms. The van der Waals surface area contributed by atoms with Crippen LogP contribution in [0.3, 0.4) is 0 Å². The number of aliphatic hydroxyl groups excluding tert-OH is 1. The Kier molecular flexibility index (Phi) is 7.53. The van der Waals surface area contributed by atoms with Gasteiger partial charge in [-0.25, -0.2) is 0 Å². The van der Waals surface area contributed by atoms with Crippen molar-refractivity contribution in [3.05, 3.63) is 59.7 Å². The van der Waals surface area contributed by atoms with E-state index < -0.39 is 6.10 Å². The minimum absolute atomic E-state index is 0.000598. The molecule has 1 amide bonds. The Balaban J connectivity index is 1.63. The number of benzene rings is 2. The average Bonchev–Trinajstić information content (AvgIpc) is 2.78. The molecule has 1 N–H and O–H groups in total. The molecular weight excluding hydrogens is 366 g/mol. The highest BCUT2D eigenvalue weighted by atomic mass is 16.5. The molecule has 29 heavy (non-hydrogen) atoms. The predicted molar refractivity (Wildman–Crippen MR) is 113 cm³/mol. The predicted octanol–water partition coefficient (Wildman–Crippen LogP) is 4.46. The summed E-state index contributed by atoms with van der Waals surface area (Å²) >= 11 is 0. The average molecular weight is 398 g/mol. The van der Waals surface area contributed by atoms with Crippen LogP contribution in [0.2, 0.25) is 0 Å². The fourth-order valence-electron chi connectivity index (χ4n) is 3.76. The number of nitrogens with zero attached hydrogens (tertiary/aromatic N) is 1. The summed E-state index contributed by atoms with van der Waals surface area (Å²) in [5.41, 5.74) is 1.56. The van der Waals surface area contributed by atoms with Gasteiger partial charge in [-0.1, -0.05) is 37.3 Å². The summed E-state index contributed by atoms with van der Waals surface area (Å²) < 4.78 is 11.4. The Hall–Kier alpha value is -2.53. The fourth-order valence-corrected chi connectivity index (χ4v) is 3.76. The van der Waals surface area contributed by atoms with Gasteiger partial charge in [0, 0.05) is 18.7 Å². The van der Waals surface area contributed by atoms with Gasteiger partial charge in [0.2, 0.25) is 0 Å². The third-order valence-corrected chi connectivity index (χ3v) is 5.37. The summed E-state index contributed by atoms with van der Waals surface area (Å²) in [6.45, 7) is 6.39. The third kappa shape index (κ3) is 5.30. The van der Waals surface area contributed by atoms with Crippen LogP contribution in [0.1, 0.15) is 55.1 Å². The maximum Gasteiger partial charge on any atom is 0.253 e. The van der Waals surface area contributed by atoms with Crippen molar-refractivity contribution in [2.45, 2.75) is 39.2 Å². The first-order valence-corrected chi connectivity index (χ1v) is 10.6. The van der Waals surface area contributed by atoms with Crippen molar-refractivity contribution in [3.63, 3.8) is 0 Å². The largest absolute Gasteiger partial charge is 0.490 e. The van der Waals surface area contributed by atoms with Gasteiger partial charge in [0.05, 0.1) is 19.3 Å². The van der Waals surface area contributed by atoms with Gasteiger partial charge in [0.1, 0.15) is 0 Å². The molecule has 1 aliphatic heterocycles. The van der Waals surface area contributed by atoms with E-state index in [4.69, 9.17) is 9.47 Å². The number of hydrogen-bond acceptors (Lipinski definition) is 4. The van der Waals surface area contributed by atoms with Crippen LogP contribution in [0.4, 0.5) is 0 Å². The highest BCUT2D eigenvalue weighted by molar-refractivity contribution is 5.95. The summed E-state index contributed by atoms with van der Waals surface area (Å²) in [5, 5.41) is 10.7. The van der Waals surface area contributed by atoms with E-state index >= 15 is 0 Å². The number of ether oxygens (including phenoxy) is 2. The Morgan fingerprint density at radius 3 is 2.45 bits per heavy atom. The van der Waals surface area contributed by atoms with Crippen LogP contribution < -0.4 is 9.47 Å². The van der Waals surface area contributed by atoms with E-state index in [0.29, 0.717) is 43.4 Å². The normalized spacial score (nSPS) is 15.8. The van der Waals surface area contributed by atoms with Crippen LogP contribution in [0.25, 0.3) is 0 Å². The van der Waals surface area contributed by atoms with Gasteiger partial charge in [-0.15, -0.1) is 0 Å². The Morgan fingerprint density at radius 2 is 1.79 bits per heavy atom. The van der Waals surface area contributed by atoms with Crippen molar-refractivity contribution in [3.8, 4) is 11.5 Å². The topological polar surface area (TPSA) is 59.0 Å². The molecule has 5 nitrogen and oxygen atoms in total. The van der Waals surface area contributed by atoms with Crippen molar-refractivity contribution in [1.29, 1.82) is 0 Å². The fraction of sp³-hybridized carbons (Fsp3) is 0.458. The monoisotopic (exact) mass is 397 g/mol. The zero-order chi connectivity index (χ0) is 20.6. The van der Waals surface area contributed by atoms with E-state index in [1.165, 1.54) is 0 Å². The number of carbonyl (C=O) groups excluding carboxylic acids is 1. The second-order valence-electron chi connectivity index (χ2n) is 7.43. The van der Waals surface area contributed by atoms with Crippen LogP contribution in [-0.4, -0.2) is 42.2 Å². The molecule has 1 fully saturated rings. The summed E-state index contributed by atoms with van der Waals surface area (Å²) in [7, 11) is 0. The van der Waals surface area contributed by atoms with Crippen molar-refractivity contribution in [2.24, 2.45) is 5.92 Å². The van der Waals surface area contributed by atoms with Crippen molar-refractivity contribution in [2.75, 3.05) is 26.3 Å². The van der Waals surface area contributed by atoms with Gasteiger partial charge in [0.25, 0.3) is 5.91 Å². The van der Waals surface area contributed by atoms with E-state index in [0.717, 1.165) is 24.8 Å². The van der Waals surface area contributed by atoms with E-state index in [-0.39, 0.29) is 11.8 Å². The molecule has 5 heteroatoms. The van der Waals surface area contributed by atoms with Crippen molar-refractivity contribution >= 4 is 5.91 Å². The minimum Gasteiger partial charge on any atom is -0.490 e. The third-order valence-electron chi connectivity index (χ3n) is 5.37. The number of piperidine rings is 1. The van der Waals surface area contributed by atoms with Crippen LogP contribution in [0.15, 0.2) is 48.5 Å². The molecule has 156 valence electrons. The van der Waals surface area contributed by atoms with E-state index in [1.807, 2.05) is 48.2 Å². The summed E-state index contributed by atoms with van der Waals surface area (Å²) in [4.78, 5) is 14.9. The lowest BCUT2D eigenvalue weighted by atomic mass is 9.87. The van der Waals surface area contributed by atoms with Gasteiger partial charge in [-0.3, -0.25) is 4.79 Å². The SMILES string of the molecule is CCCOc1ccc(C(=O)N2CCC(C(O)c3ccccc3)CC2)cc1OCC. The number of amides is 1. The Labute approximate surface area is 173 Å². The van der Waals surface area contributed by atoms with Crippen LogP contribution in [-0.2, 0) is 0 Å². The van der Waals surface area contributed by atoms with Gasteiger partial charge >= 0.3 is 0 Å². The van der Waals surface area contributed by atoms with Gasteiger partial charge in [-0.2, -0.15) is 0 Å². The molecule has 2 aromatic rings. The molecular formula is C24H31NO4. The lowest BCUT2D eigenvalue weighted by molar-refractivity contribution is 0.0462. The Morgan fingerprint density at radius 1 is 1.07 bits per heavy atom. The first-order chi connectivity index (χ1) is 14.1. The zero-order valence-corrected chi connectivity index (χ0v) is 17.3. The summed E-state index contributed by atoms with van der Waals surface area (Å²) in [6.07, 6.45) is 2.01. The highest BCUT2D eigenvalue weighted by Gasteiger charge is 2.29. The molecule has 0 aliphatic carbocycles. The van der Waals surface area contributed by atoms with Crippen LogP contribution >= 0.6 is 0 Å². The lowest BCUT2D eigenvalue weighted by Gasteiger charge is -2.34. The van der Waals surface area contributed by atoms with Gasteiger partial charge in [0.15, 0.2) is 11.5 Å². The highest BCUT2D eigenvalue weighted by Crippen LogP contribution is 2.32. The molecule has 3 rings (SSSR count). The number of likely N-dealkylation sites (tertiary alicyclic amines) is 1. The molecule has 0 radical (unpaired) electrons.